The Morgan fingerprint density at radius 3 is 2.05 bits per heavy atom. The van der Waals surface area contributed by atoms with Crippen molar-refractivity contribution in [2.24, 2.45) is 0 Å². The Morgan fingerprint density at radius 2 is 1.45 bits per heavy atom. The Morgan fingerprint density at radius 1 is 0.816 bits per heavy atom. The quantitative estimate of drug-likeness (QED) is 0.0710. The van der Waals surface area contributed by atoms with Crippen molar-refractivity contribution in [2.75, 3.05) is 41.0 Å². The van der Waals surface area contributed by atoms with Gasteiger partial charge in [0.25, 0.3) is 0 Å². The molecule has 0 radical (unpaired) electrons. The fourth-order valence-electron chi connectivity index (χ4n) is 3.79. The Hall–Kier alpha value is -2.19. The molecule has 0 amide bonds. The van der Waals surface area contributed by atoms with Gasteiger partial charge in [-0.05, 0) is 32.1 Å². The number of quaternary nitrogens is 1. The first-order valence-electron chi connectivity index (χ1n) is 14.4. The van der Waals surface area contributed by atoms with Crippen LogP contribution in [-0.2, 0) is 28.6 Å². The summed E-state index contributed by atoms with van der Waals surface area (Å²) in [6.07, 6.45) is 20.0. The maximum Gasteiger partial charge on any atom is 0.362 e. The summed E-state index contributed by atoms with van der Waals surface area (Å²) >= 11 is 0. The van der Waals surface area contributed by atoms with E-state index in [0.717, 1.165) is 44.9 Å². The molecule has 0 spiro atoms. The number of ether oxygens (including phenoxy) is 3. The molecule has 0 heterocycles. The predicted octanol–water partition coefficient (Wildman–Crippen LogP) is 5.84. The van der Waals surface area contributed by atoms with Crippen molar-refractivity contribution in [3.8, 4) is 0 Å². The molecule has 0 saturated carbocycles. The van der Waals surface area contributed by atoms with E-state index in [9.17, 15) is 19.5 Å². The van der Waals surface area contributed by atoms with Gasteiger partial charge in [-0.25, -0.2) is 4.79 Å². The molecular formula is C30H54NO7+. The molecular weight excluding hydrogens is 486 g/mol. The highest BCUT2D eigenvalue weighted by Crippen LogP contribution is 2.11. The molecule has 0 fully saturated rings. The van der Waals surface area contributed by atoms with Gasteiger partial charge in [0.1, 0.15) is 6.61 Å². The van der Waals surface area contributed by atoms with Crippen LogP contribution in [-0.4, -0.2) is 80.6 Å². The number of nitrogens with zero attached hydrogens (tertiary/aromatic N) is 1. The molecule has 0 rings (SSSR count). The molecule has 0 aliphatic heterocycles. The number of carboxylic acids is 1. The number of hydrogen-bond acceptors (Lipinski definition) is 6. The van der Waals surface area contributed by atoms with Gasteiger partial charge in [0.15, 0.2) is 12.1 Å². The van der Waals surface area contributed by atoms with Gasteiger partial charge in [-0.2, -0.15) is 0 Å². The van der Waals surface area contributed by atoms with Crippen LogP contribution >= 0.6 is 0 Å². The molecule has 38 heavy (non-hydrogen) atoms. The highest BCUT2D eigenvalue weighted by atomic mass is 16.6. The molecule has 8 heteroatoms. The van der Waals surface area contributed by atoms with Gasteiger partial charge in [-0.1, -0.05) is 70.3 Å². The van der Waals surface area contributed by atoms with Crippen LogP contribution < -0.4 is 0 Å². The molecule has 2 atom stereocenters. The van der Waals surface area contributed by atoms with Crippen molar-refractivity contribution < 1.29 is 38.2 Å². The summed E-state index contributed by atoms with van der Waals surface area (Å²) < 4.78 is 16.5. The van der Waals surface area contributed by atoms with Crippen molar-refractivity contribution in [1.29, 1.82) is 0 Å². The largest absolute Gasteiger partial charge is 0.477 e. The van der Waals surface area contributed by atoms with Crippen molar-refractivity contribution in [2.45, 2.75) is 109 Å². The van der Waals surface area contributed by atoms with Crippen molar-refractivity contribution in [3.05, 3.63) is 24.3 Å². The Kier molecular flexibility index (Phi) is 21.5. The molecule has 1 N–H and O–H groups in total. The molecule has 0 aromatic heterocycles. The summed E-state index contributed by atoms with van der Waals surface area (Å²) in [6, 6.07) is -0.609. The molecule has 0 aromatic rings. The van der Waals surface area contributed by atoms with E-state index in [-0.39, 0.29) is 42.7 Å². The zero-order chi connectivity index (χ0) is 28.7. The summed E-state index contributed by atoms with van der Waals surface area (Å²) in [5.41, 5.74) is 0. The lowest BCUT2D eigenvalue weighted by Crippen LogP contribution is -2.50. The molecule has 0 bridgehead atoms. The molecule has 8 nitrogen and oxygen atoms in total. The number of carbonyl (C=O) groups excluding carboxylic acids is 2. The minimum Gasteiger partial charge on any atom is -0.477 e. The standard InChI is InChI=1S/C30H53NO7/c1-6-8-9-10-11-12-13-14-15-16-17-18-19-20-21-29(33)38-26(25-37-28(32)7-2)24-36-23-22-27(30(34)35)31(3,4)5/h10-11,13-14,26-27H,6-9,12,15-25H2,1-5H3/p+1/b11-10-,14-13-. The lowest BCUT2D eigenvalue weighted by Gasteiger charge is -2.31. The van der Waals surface area contributed by atoms with E-state index in [2.05, 4.69) is 31.2 Å². The summed E-state index contributed by atoms with van der Waals surface area (Å²) in [4.78, 5) is 35.4. The minimum atomic E-state index is -0.886. The highest BCUT2D eigenvalue weighted by molar-refractivity contribution is 5.72. The van der Waals surface area contributed by atoms with Gasteiger partial charge in [-0.15, -0.1) is 0 Å². The number of aliphatic carboxylic acids is 1. The normalized spacial score (nSPS) is 13.6. The summed E-state index contributed by atoms with van der Waals surface area (Å²) in [5.74, 6) is -1.60. The maximum atomic E-state index is 12.3. The molecule has 0 aromatic carbocycles. The third kappa shape index (κ3) is 20.8. The summed E-state index contributed by atoms with van der Waals surface area (Å²) in [6.45, 7) is 4.08. The van der Waals surface area contributed by atoms with Gasteiger partial charge >= 0.3 is 17.9 Å². The maximum absolute atomic E-state index is 12.3. The van der Waals surface area contributed by atoms with Crippen LogP contribution in [0, 0.1) is 0 Å². The van der Waals surface area contributed by atoms with Crippen molar-refractivity contribution >= 4 is 17.9 Å². The second-order valence-electron chi connectivity index (χ2n) is 10.6. The smallest absolute Gasteiger partial charge is 0.362 e. The number of likely N-dealkylation sites (N-methyl/N-ethyl adjacent to an activating group) is 1. The van der Waals surface area contributed by atoms with E-state index in [4.69, 9.17) is 14.2 Å². The lowest BCUT2D eigenvalue weighted by molar-refractivity contribution is -0.887. The average molecular weight is 541 g/mol. The fourth-order valence-corrected chi connectivity index (χ4v) is 3.79. The van der Waals surface area contributed by atoms with Gasteiger partial charge in [0, 0.05) is 19.3 Å². The first-order chi connectivity index (χ1) is 18.1. The summed E-state index contributed by atoms with van der Waals surface area (Å²) in [7, 11) is 5.46. The predicted molar refractivity (Wildman–Crippen MR) is 151 cm³/mol. The third-order valence-corrected chi connectivity index (χ3v) is 6.16. The summed E-state index contributed by atoms with van der Waals surface area (Å²) in [5, 5.41) is 9.43. The molecule has 220 valence electrons. The highest BCUT2D eigenvalue weighted by Gasteiger charge is 2.31. The zero-order valence-corrected chi connectivity index (χ0v) is 24.6. The van der Waals surface area contributed by atoms with E-state index in [0.29, 0.717) is 12.8 Å². The van der Waals surface area contributed by atoms with E-state index in [1.54, 1.807) is 6.92 Å². The number of unbranched alkanes of at least 4 members (excludes halogenated alkanes) is 7. The van der Waals surface area contributed by atoms with Gasteiger partial charge in [-0.3, -0.25) is 9.59 Å². The number of hydrogen-bond donors (Lipinski definition) is 1. The Balaban J connectivity index is 4.20. The number of carboxylic acid groups (broad SMARTS) is 1. The van der Waals surface area contributed by atoms with Gasteiger partial charge in [0.2, 0.25) is 0 Å². The molecule has 0 saturated heterocycles. The number of carbonyl (C=O) groups is 3. The number of rotatable bonds is 24. The fraction of sp³-hybridized carbons (Fsp3) is 0.767. The van der Waals surface area contributed by atoms with Gasteiger partial charge < -0.3 is 23.8 Å². The second kappa shape index (κ2) is 22.8. The van der Waals surface area contributed by atoms with E-state index >= 15 is 0 Å². The van der Waals surface area contributed by atoms with Crippen molar-refractivity contribution in [1.82, 2.24) is 0 Å². The average Bonchev–Trinajstić information content (AvgIpc) is 2.85. The molecule has 0 aliphatic rings. The van der Waals surface area contributed by atoms with E-state index in [1.165, 1.54) is 19.3 Å². The minimum absolute atomic E-state index is 0.0499. The van der Waals surface area contributed by atoms with Gasteiger partial charge in [0.05, 0.1) is 34.4 Å². The van der Waals surface area contributed by atoms with Crippen LogP contribution in [0.25, 0.3) is 0 Å². The number of esters is 2. The van der Waals surface area contributed by atoms with Crippen LogP contribution in [0.4, 0.5) is 0 Å². The molecule has 2 unspecified atom stereocenters. The first-order valence-corrected chi connectivity index (χ1v) is 14.4. The van der Waals surface area contributed by atoms with Crippen molar-refractivity contribution in [3.63, 3.8) is 0 Å². The van der Waals surface area contributed by atoms with E-state index < -0.39 is 18.1 Å². The monoisotopic (exact) mass is 540 g/mol. The van der Waals surface area contributed by atoms with Crippen LogP contribution in [0.1, 0.15) is 97.3 Å². The third-order valence-electron chi connectivity index (χ3n) is 6.16. The first kappa shape index (κ1) is 35.8. The lowest BCUT2D eigenvalue weighted by atomic mass is 10.1. The second-order valence-corrected chi connectivity index (χ2v) is 10.6. The van der Waals surface area contributed by atoms with E-state index in [1.807, 2.05) is 21.1 Å². The Bertz CT molecular complexity index is 697. The number of allylic oxidation sites excluding steroid dienone is 4. The Labute approximate surface area is 231 Å². The van der Waals surface area contributed by atoms with Crippen LogP contribution in [0.2, 0.25) is 0 Å². The van der Waals surface area contributed by atoms with Crippen LogP contribution in [0.3, 0.4) is 0 Å². The molecule has 0 aliphatic carbocycles. The SMILES string of the molecule is CCCC/C=C\C/C=C\CCCCCCCC(=O)OC(COCCC(C(=O)O)[N+](C)(C)C)COC(=O)CC. The topological polar surface area (TPSA) is 99.1 Å². The van der Waals surface area contributed by atoms with Crippen LogP contribution in [0.5, 0.6) is 0 Å². The van der Waals surface area contributed by atoms with Crippen LogP contribution in [0.15, 0.2) is 24.3 Å². The zero-order valence-electron chi connectivity index (χ0n) is 24.6.